The fourth-order valence-electron chi connectivity index (χ4n) is 1.92. The van der Waals surface area contributed by atoms with Gasteiger partial charge in [0.05, 0.1) is 0 Å². The Morgan fingerprint density at radius 1 is 1.05 bits per heavy atom. The first kappa shape index (κ1) is 12.3. The predicted molar refractivity (Wildman–Crippen MR) is 76.9 cm³/mol. The molecule has 0 atom stereocenters. The second-order valence-electron chi connectivity index (χ2n) is 4.66. The Bertz CT molecular complexity index is 764. The van der Waals surface area contributed by atoms with Gasteiger partial charge in [-0.1, -0.05) is 11.2 Å². The SMILES string of the molecule is Cc1cccc(-c2noc(-c3ccc(N)c(C)c3)n2)n1. The summed E-state index contributed by atoms with van der Waals surface area (Å²) in [6.07, 6.45) is 0. The van der Waals surface area contributed by atoms with Crippen LogP contribution in [0.2, 0.25) is 0 Å². The second kappa shape index (κ2) is 4.77. The molecule has 0 aliphatic heterocycles. The van der Waals surface area contributed by atoms with Gasteiger partial charge in [0, 0.05) is 16.9 Å². The van der Waals surface area contributed by atoms with E-state index in [0.717, 1.165) is 22.5 Å². The van der Waals surface area contributed by atoms with E-state index in [4.69, 9.17) is 10.3 Å². The molecule has 0 aliphatic rings. The van der Waals surface area contributed by atoms with Crippen LogP contribution in [0, 0.1) is 13.8 Å². The normalized spacial score (nSPS) is 10.7. The summed E-state index contributed by atoms with van der Waals surface area (Å²) < 4.78 is 5.30. The lowest BCUT2D eigenvalue weighted by molar-refractivity contribution is 0.432. The topological polar surface area (TPSA) is 77.8 Å². The quantitative estimate of drug-likeness (QED) is 0.721. The van der Waals surface area contributed by atoms with E-state index in [-0.39, 0.29) is 0 Å². The molecular formula is C15H14N4O. The van der Waals surface area contributed by atoms with E-state index in [0.29, 0.717) is 17.4 Å². The molecule has 0 radical (unpaired) electrons. The highest BCUT2D eigenvalue weighted by atomic mass is 16.5. The van der Waals surface area contributed by atoms with Crippen molar-refractivity contribution in [3.63, 3.8) is 0 Å². The van der Waals surface area contributed by atoms with E-state index >= 15 is 0 Å². The van der Waals surface area contributed by atoms with Crippen molar-refractivity contribution in [2.24, 2.45) is 0 Å². The van der Waals surface area contributed by atoms with Gasteiger partial charge in [-0.15, -0.1) is 0 Å². The van der Waals surface area contributed by atoms with Gasteiger partial charge >= 0.3 is 0 Å². The first-order valence-corrected chi connectivity index (χ1v) is 6.28. The summed E-state index contributed by atoms with van der Waals surface area (Å²) in [7, 11) is 0. The zero-order chi connectivity index (χ0) is 14.1. The number of nitrogens with zero attached hydrogens (tertiary/aromatic N) is 3. The van der Waals surface area contributed by atoms with Crippen LogP contribution in [-0.2, 0) is 0 Å². The minimum Gasteiger partial charge on any atom is -0.399 e. The summed E-state index contributed by atoms with van der Waals surface area (Å²) in [5.41, 5.74) is 9.99. The van der Waals surface area contributed by atoms with Crippen LogP contribution in [0.4, 0.5) is 5.69 Å². The van der Waals surface area contributed by atoms with Crippen molar-refractivity contribution in [2.45, 2.75) is 13.8 Å². The number of pyridine rings is 1. The molecule has 0 fully saturated rings. The summed E-state index contributed by atoms with van der Waals surface area (Å²) in [5.74, 6) is 0.949. The van der Waals surface area contributed by atoms with Crippen LogP contribution in [0.5, 0.6) is 0 Å². The minimum atomic E-state index is 0.464. The number of hydrogen-bond donors (Lipinski definition) is 1. The van der Waals surface area contributed by atoms with E-state index in [1.165, 1.54) is 0 Å². The van der Waals surface area contributed by atoms with Crippen molar-refractivity contribution < 1.29 is 4.52 Å². The van der Waals surface area contributed by atoms with Crippen LogP contribution in [0.25, 0.3) is 23.0 Å². The summed E-state index contributed by atoms with van der Waals surface area (Å²) in [6.45, 7) is 3.87. The van der Waals surface area contributed by atoms with Crippen molar-refractivity contribution in [2.75, 3.05) is 5.73 Å². The Kier molecular flexibility index (Phi) is 2.95. The zero-order valence-corrected chi connectivity index (χ0v) is 11.3. The fraction of sp³-hybridized carbons (Fsp3) is 0.133. The minimum absolute atomic E-state index is 0.464. The van der Waals surface area contributed by atoms with Gasteiger partial charge in [-0.05, 0) is 49.7 Å². The van der Waals surface area contributed by atoms with Gasteiger partial charge < -0.3 is 10.3 Å². The molecule has 0 saturated heterocycles. The largest absolute Gasteiger partial charge is 0.399 e. The Labute approximate surface area is 116 Å². The summed E-state index contributed by atoms with van der Waals surface area (Å²) >= 11 is 0. The van der Waals surface area contributed by atoms with Gasteiger partial charge in [-0.2, -0.15) is 4.98 Å². The third-order valence-corrected chi connectivity index (χ3v) is 3.06. The number of nitrogens with two attached hydrogens (primary N) is 1. The molecule has 5 heteroatoms. The molecule has 2 aromatic heterocycles. The number of hydrogen-bond acceptors (Lipinski definition) is 5. The molecule has 20 heavy (non-hydrogen) atoms. The molecule has 5 nitrogen and oxygen atoms in total. The van der Waals surface area contributed by atoms with E-state index in [1.54, 1.807) is 0 Å². The number of aryl methyl sites for hydroxylation is 2. The first-order valence-electron chi connectivity index (χ1n) is 6.28. The van der Waals surface area contributed by atoms with Gasteiger partial charge in [-0.3, -0.25) is 0 Å². The predicted octanol–water partition coefficient (Wildman–Crippen LogP) is 3.00. The molecule has 100 valence electrons. The Hall–Kier alpha value is -2.69. The average Bonchev–Trinajstić information content (AvgIpc) is 2.92. The van der Waals surface area contributed by atoms with Crippen LogP contribution < -0.4 is 5.73 Å². The van der Waals surface area contributed by atoms with Crippen molar-refractivity contribution in [1.82, 2.24) is 15.1 Å². The number of anilines is 1. The van der Waals surface area contributed by atoms with E-state index in [1.807, 2.05) is 50.2 Å². The highest BCUT2D eigenvalue weighted by Gasteiger charge is 2.12. The summed E-state index contributed by atoms with van der Waals surface area (Å²) in [4.78, 5) is 8.76. The molecule has 0 spiro atoms. The maximum Gasteiger partial charge on any atom is 0.258 e. The highest BCUT2D eigenvalue weighted by Crippen LogP contribution is 2.24. The third kappa shape index (κ3) is 2.25. The number of aromatic nitrogens is 3. The van der Waals surface area contributed by atoms with Crippen molar-refractivity contribution >= 4 is 5.69 Å². The molecule has 3 rings (SSSR count). The monoisotopic (exact) mass is 266 g/mol. The van der Waals surface area contributed by atoms with Crippen LogP contribution in [-0.4, -0.2) is 15.1 Å². The number of benzene rings is 1. The zero-order valence-electron chi connectivity index (χ0n) is 11.3. The molecule has 2 heterocycles. The summed E-state index contributed by atoms with van der Waals surface area (Å²) in [5, 5.41) is 3.98. The lowest BCUT2D eigenvalue weighted by atomic mass is 10.1. The first-order chi connectivity index (χ1) is 9.63. The standard InChI is InChI=1S/C15H14N4O/c1-9-8-11(6-7-12(9)16)15-18-14(19-20-15)13-5-3-4-10(2)17-13/h3-8H,16H2,1-2H3. The number of nitrogen functional groups attached to an aromatic ring is 1. The van der Waals surface area contributed by atoms with Gasteiger partial charge in [0.15, 0.2) is 0 Å². The van der Waals surface area contributed by atoms with E-state index in [2.05, 4.69) is 15.1 Å². The maximum absolute atomic E-state index is 5.80. The van der Waals surface area contributed by atoms with Gasteiger partial charge in [0.2, 0.25) is 5.82 Å². The van der Waals surface area contributed by atoms with Crippen LogP contribution in [0.1, 0.15) is 11.3 Å². The van der Waals surface area contributed by atoms with Crippen LogP contribution in [0.3, 0.4) is 0 Å². The van der Waals surface area contributed by atoms with Crippen molar-refractivity contribution in [1.29, 1.82) is 0 Å². The van der Waals surface area contributed by atoms with Gasteiger partial charge in [0.1, 0.15) is 5.69 Å². The Balaban J connectivity index is 1.99. The molecule has 1 aromatic carbocycles. The van der Waals surface area contributed by atoms with Gasteiger partial charge in [0.25, 0.3) is 5.89 Å². The Morgan fingerprint density at radius 2 is 1.90 bits per heavy atom. The van der Waals surface area contributed by atoms with E-state index < -0.39 is 0 Å². The van der Waals surface area contributed by atoms with Crippen LogP contribution in [0.15, 0.2) is 40.9 Å². The summed E-state index contributed by atoms with van der Waals surface area (Å²) in [6, 6.07) is 11.3. The third-order valence-electron chi connectivity index (χ3n) is 3.06. The molecular weight excluding hydrogens is 252 g/mol. The molecule has 0 saturated carbocycles. The fourth-order valence-corrected chi connectivity index (χ4v) is 1.92. The average molecular weight is 266 g/mol. The van der Waals surface area contributed by atoms with Crippen molar-refractivity contribution in [3.05, 3.63) is 47.7 Å². The molecule has 0 bridgehead atoms. The lowest BCUT2D eigenvalue weighted by Gasteiger charge is -2.00. The maximum atomic E-state index is 5.80. The van der Waals surface area contributed by atoms with Crippen molar-refractivity contribution in [3.8, 4) is 23.0 Å². The molecule has 0 aliphatic carbocycles. The molecule has 0 amide bonds. The van der Waals surface area contributed by atoms with Gasteiger partial charge in [-0.25, -0.2) is 4.98 Å². The second-order valence-corrected chi connectivity index (χ2v) is 4.66. The number of rotatable bonds is 2. The lowest BCUT2D eigenvalue weighted by Crippen LogP contribution is -1.90. The van der Waals surface area contributed by atoms with E-state index in [9.17, 15) is 0 Å². The van der Waals surface area contributed by atoms with Crippen LogP contribution >= 0.6 is 0 Å². The smallest absolute Gasteiger partial charge is 0.258 e. The molecule has 3 aromatic rings. The molecule has 2 N–H and O–H groups in total. The highest BCUT2D eigenvalue weighted by molar-refractivity contribution is 5.62. The Morgan fingerprint density at radius 3 is 2.65 bits per heavy atom. The molecule has 0 unspecified atom stereocenters.